The third-order valence-electron chi connectivity index (χ3n) is 2.17. The fourth-order valence-electron chi connectivity index (χ4n) is 1.45. The van der Waals surface area contributed by atoms with E-state index in [-0.39, 0.29) is 11.5 Å². The van der Waals surface area contributed by atoms with Crippen LogP contribution in [0.25, 0.3) is 0 Å². The second-order valence-corrected chi connectivity index (χ2v) is 5.52. The van der Waals surface area contributed by atoms with Crippen molar-refractivity contribution in [2.24, 2.45) is 0 Å². The van der Waals surface area contributed by atoms with Crippen LogP contribution in [0, 0.1) is 0 Å². The molecular formula is C9H14ClNO4S. The van der Waals surface area contributed by atoms with Gasteiger partial charge in [0.1, 0.15) is 0 Å². The van der Waals surface area contributed by atoms with E-state index >= 15 is 0 Å². The second-order valence-electron chi connectivity index (χ2n) is 3.36. The molecule has 7 heteroatoms. The Morgan fingerprint density at radius 2 is 2.19 bits per heavy atom. The summed E-state index contributed by atoms with van der Waals surface area (Å²) in [5.74, 6) is 0. The van der Waals surface area contributed by atoms with E-state index in [9.17, 15) is 13.6 Å². The predicted molar refractivity (Wildman–Crippen MR) is 60.3 cm³/mol. The number of carbonyl (C=O) groups is 1. The standard InChI is InChI=1S/C9H14ClNO4S/c1-2-15-9(12)11-16(13,14)8-6-4-3-5-7(8)10/h2-6H2,1H3,(H-,11,12,13,14). The molecule has 5 nitrogen and oxygen atoms in total. The number of halogens is 1. The molecule has 0 aromatic rings. The highest BCUT2D eigenvalue weighted by atomic mass is 35.5. The van der Waals surface area contributed by atoms with E-state index in [1.54, 1.807) is 6.92 Å². The molecule has 0 spiro atoms. The summed E-state index contributed by atoms with van der Waals surface area (Å²) < 4.78 is 29.8. The smallest absolute Gasteiger partial charge is 0.448 e. The van der Waals surface area contributed by atoms with E-state index in [2.05, 4.69) is 4.74 Å². The number of ether oxygens (including phenoxy) is 1. The monoisotopic (exact) mass is 267 g/mol. The van der Waals surface area contributed by atoms with Gasteiger partial charge in [0.2, 0.25) is 0 Å². The van der Waals surface area contributed by atoms with E-state index in [1.807, 2.05) is 4.72 Å². The molecule has 1 aliphatic rings. The van der Waals surface area contributed by atoms with Gasteiger partial charge < -0.3 is 9.29 Å². The van der Waals surface area contributed by atoms with Crippen molar-refractivity contribution in [1.29, 1.82) is 0 Å². The topological polar surface area (TPSA) is 78.5 Å². The average Bonchev–Trinajstić information content (AvgIpc) is 2.17. The molecule has 1 aliphatic carbocycles. The molecule has 0 heterocycles. The third kappa shape index (κ3) is 3.47. The van der Waals surface area contributed by atoms with Crippen molar-refractivity contribution >= 4 is 28.1 Å². The molecule has 1 rings (SSSR count). The zero-order chi connectivity index (χ0) is 12.2. The van der Waals surface area contributed by atoms with E-state index in [4.69, 9.17) is 11.6 Å². The first-order chi connectivity index (χ1) is 7.47. The van der Waals surface area contributed by atoms with Crippen LogP contribution in [0.2, 0.25) is 0 Å². The lowest BCUT2D eigenvalue weighted by Crippen LogP contribution is -2.38. The summed E-state index contributed by atoms with van der Waals surface area (Å²) in [6, 6.07) is 0. The van der Waals surface area contributed by atoms with Crippen LogP contribution in [0.1, 0.15) is 32.6 Å². The van der Waals surface area contributed by atoms with Crippen molar-refractivity contribution < 1.29 is 18.3 Å². The highest BCUT2D eigenvalue weighted by molar-refractivity contribution is 8.00. The Balaban J connectivity index is 2.76. The first-order valence-electron chi connectivity index (χ1n) is 5.04. The van der Waals surface area contributed by atoms with Crippen molar-refractivity contribution in [1.82, 2.24) is 4.72 Å². The summed E-state index contributed by atoms with van der Waals surface area (Å²) in [7, 11) is -3.83. The normalized spacial score (nSPS) is 20.2. The average molecular weight is 268 g/mol. The van der Waals surface area contributed by atoms with E-state index in [1.165, 1.54) is 0 Å². The maximum absolute atomic E-state index is 11.7. The highest BCUT2D eigenvalue weighted by Gasteiger charge is 2.31. The summed E-state index contributed by atoms with van der Waals surface area (Å²) in [4.78, 5) is 11.1. The molecule has 1 amide bonds. The minimum Gasteiger partial charge on any atom is -0.588 e. The molecule has 0 saturated carbocycles. The minimum absolute atomic E-state index is 0.105. The Hall–Kier alpha value is -0.590. The SMILES string of the molecule is CCOC(=O)N[S+](=O)([O-])C1=C(Cl)CCCC1. The number of carbonyl (C=O) groups excluding carboxylic acids is 1. The number of amides is 1. The molecule has 0 radical (unpaired) electrons. The van der Waals surface area contributed by atoms with Gasteiger partial charge in [-0.1, -0.05) is 15.8 Å². The zero-order valence-corrected chi connectivity index (χ0v) is 10.5. The van der Waals surface area contributed by atoms with Crippen LogP contribution in [0.5, 0.6) is 0 Å². The minimum atomic E-state index is -3.83. The van der Waals surface area contributed by atoms with Crippen molar-refractivity contribution in [3.63, 3.8) is 0 Å². The maximum atomic E-state index is 11.7. The van der Waals surface area contributed by atoms with Gasteiger partial charge in [-0.15, -0.1) is 4.72 Å². The first-order valence-corrected chi connectivity index (χ1v) is 6.90. The summed E-state index contributed by atoms with van der Waals surface area (Å²) in [5.41, 5.74) is 0. The highest BCUT2D eigenvalue weighted by Crippen LogP contribution is 2.32. The van der Waals surface area contributed by atoms with Gasteiger partial charge in [0.25, 0.3) is 0 Å². The van der Waals surface area contributed by atoms with Crippen LogP contribution >= 0.6 is 11.6 Å². The van der Waals surface area contributed by atoms with Crippen molar-refractivity contribution in [2.45, 2.75) is 32.6 Å². The summed E-state index contributed by atoms with van der Waals surface area (Å²) in [5, 5.41) is 0.308. The molecule has 0 aliphatic heterocycles. The van der Waals surface area contributed by atoms with Gasteiger partial charge in [0, 0.05) is 6.42 Å². The lowest BCUT2D eigenvalue weighted by molar-refractivity contribution is 0.158. The van der Waals surface area contributed by atoms with Gasteiger partial charge in [-0.2, -0.15) is 0 Å². The Kier molecular flexibility index (Phi) is 4.76. The van der Waals surface area contributed by atoms with Crippen LogP contribution in [0.3, 0.4) is 0 Å². The van der Waals surface area contributed by atoms with E-state index < -0.39 is 16.5 Å². The fourth-order valence-corrected chi connectivity index (χ4v) is 3.19. The molecular weight excluding hydrogens is 254 g/mol. The third-order valence-corrected chi connectivity index (χ3v) is 4.23. The molecule has 1 unspecified atom stereocenters. The maximum Gasteiger partial charge on any atom is 0.448 e. The van der Waals surface area contributed by atoms with Crippen molar-refractivity contribution in [3.05, 3.63) is 9.94 Å². The molecule has 0 saturated heterocycles. The molecule has 16 heavy (non-hydrogen) atoms. The molecule has 0 aromatic carbocycles. The van der Waals surface area contributed by atoms with Gasteiger partial charge in [-0.25, -0.2) is 4.79 Å². The number of hydrogen-bond acceptors (Lipinski definition) is 4. The van der Waals surface area contributed by atoms with Crippen molar-refractivity contribution in [2.75, 3.05) is 6.61 Å². The largest absolute Gasteiger partial charge is 0.588 e. The van der Waals surface area contributed by atoms with Crippen LogP contribution in [-0.4, -0.2) is 17.3 Å². The van der Waals surface area contributed by atoms with E-state index in [0.29, 0.717) is 17.9 Å². The zero-order valence-electron chi connectivity index (χ0n) is 8.95. The predicted octanol–water partition coefficient (Wildman–Crippen LogP) is 2.30. The van der Waals surface area contributed by atoms with Crippen LogP contribution in [0.4, 0.5) is 4.79 Å². The van der Waals surface area contributed by atoms with Gasteiger partial charge in [0.15, 0.2) is 15.3 Å². The first kappa shape index (κ1) is 13.5. The fraction of sp³-hybridized carbons (Fsp3) is 0.667. The van der Waals surface area contributed by atoms with Crippen LogP contribution in [-0.2, 0) is 19.3 Å². The lowest BCUT2D eigenvalue weighted by Gasteiger charge is -2.21. The van der Waals surface area contributed by atoms with Gasteiger partial charge in [-0.05, 0) is 26.2 Å². The molecule has 0 bridgehead atoms. The molecule has 92 valence electrons. The van der Waals surface area contributed by atoms with E-state index in [0.717, 1.165) is 12.8 Å². The quantitative estimate of drug-likeness (QED) is 0.796. The molecule has 1 N–H and O–H groups in total. The Morgan fingerprint density at radius 3 is 2.75 bits per heavy atom. The summed E-state index contributed by atoms with van der Waals surface area (Å²) >= 11 is 5.84. The summed E-state index contributed by atoms with van der Waals surface area (Å²) in [6.07, 6.45) is 1.57. The Bertz CT molecular complexity index is 355. The molecule has 0 fully saturated rings. The van der Waals surface area contributed by atoms with Crippen LogP contribution in [0.15, 0.2) is 9.94 Å². The number of allylic oxidation sites excluding steroid dienone is 2. The lowest BCUT2D eigenvalue weighted by atomic mass is 10.1. The Morgan fingerprint density at radius 1 is 1.56 bits per heavy atom. The van der Waals surface area contributed by atoms with Gasteiger partial charge in [-0.3, -0.25) is 0 Å². The number of hydrogen-bond donors (Lipinski definition) is 1. The molecule has 0 aromatic heterocycles. The van der Waals surface area contributed by atoms with Crippen LogP contribution < -0.4 is 4.72 Å². The van der Waals surface area contributed by atoms with Gasteiger partial charge >= 0.3 is 6.09 Å². The summed E-state index contributed by atoms with van der Waals surface area (Å²) in [6.45, 7) is 1.72. The number of rotatable bonds is 3. The van der Waals surface area contributed by atoms with Crippen molar-refractivity contribution in [3.8, 4) is 0 Å². The second kappa shape index (κ2) is 5.65. The van der Waals surface area contributed by atoms with Gasteiger partial charge in [0.05, 0.1) is 11.6 Å². The number of nitrogens with one attached hydrogen (secondary N) is 1. The molecule has 1 atom stereocenters. The number of sulfonamides is 1. The Labute approximate surface area is 101 Å².